The van der Waals surface area contributed by atoms with Crippen molar-refractivity contribution in [1.29, 1.82) is 0 Å². The quantitative estimate of drug-likeness (QED) is 0.542. The first kappa shape index (κ1) is 24.8. The van der Waals surface area contributed by atoms with Crippen molar-refractivity contribution >= 4 is 16.0 Å². The molecular weight excluding hydrogens is 419 g/mol. The molecule has 2 aromatic rings. The molecule has 0 saturated heterocycles. The molecule has 0 aliphatic carbocycles. The zero-order chi connectivity index (χ0) is 23.2. The number of para-hydroxylation sites is 1. The highest BCUT2D eigenvalue weighted by Gasteiger charge is 2.24. The van der Waals surface area contributed by atoms with Crippen molar-refractivity contribution in [2.45, 2.75) is 38.6 Å². The van der Waals surface area contributed by atoms with E-state index in [2.05, 4.69) is 0 Å². The van der Waals surface area contributed by atoms with E-state index in [1.165, 1.54) is 0 Å². The predicted molar refractivity (Wildman–Crippen MR) is 119 cm³/mol. The van der Waals surface area contributed by atoms with Gasteiger partial charge in [0.2, 0.25) is 5.91 Å². The van der Waals surface area contributed by atoms with Crippen LogP contribution >= 0.6 is 0 Å². The summed E-state index contributed by atoms with van der Waals surface area (Å²) >= 11 is 0. The summed E-state index contributed by atoms with van der Waals surface area (Å²) in [5.41, 5.74) is 0.407. The van der Waals surface area contributed by atoms with E-state index in [9.17, 15) is 17.6 Å². The Morgan fingerprint density at radius 3 is 2.19 bits per heavy atom. The molecule has 0 spiro atoms. The van der Waals surface area contributed by atoms with E-state index in [1.807, 2.05) is 39.8 Å². The second kappa shape index (κ2) is 10.2. The average molecular weight is 451 g/mol. The minimum atomic E-state index is -4.14. The van der Waals surface area contributed by atoms with Crippen LogP contribution in [0.25, 0.3) is 0 Å². The van der Waals surface area contributed by atoms with Crippen molar-refractivity contribution in [1.82, 2.24) is 9.80 Å². The van der Waals surface area contributed by atoms with Gasteiger partial charge in [0.1, 0.15) is 16.5 Å². The lowest BCUT2D eigenvalue weighted by molar-refractivity contribution is -0.133. The molecule has 0 fully saturated rings. The molecular formula is C23H31FN2O4S. The molecule has 0 atom stereocenters. The van der Waals surface area contributed by atoms with Gasteiger partial charge in [-0.3, -0.25) is 4.79 Å². The molecule has 31 heavy (non-hydrogen) atoms. The summed E-state index contributed by atoms with van der Waals surface area (Å²) in [6, 6.07) is 11.2. The van der Waals surface area contributed by atoms with E-state index in [4.69, 9.17) is 4.18 Å². The van der Waals surface area contributed by atoms with E-state index >= 15 is 0 Å². The molecule has 0 aliphatic rings. The number of likely N-dealkylation sites (N-methyl/N-ethyl adjacent to an activating group) is 1. The van der Waals surface area contributed by atoms with Gasteiger partial charge in [0.15, 0.2) is 0 Å². The third kappa shape index (κ3) is 7.95. The van der Waals surface area contributed by atoms with Crippen molar-refractivity contribution in [3.63, 3.8) is 0 Å². The SMILES string of the molecule is CN(C)CCN(Cc1ccccc1OS(=O)(=O)c1ccc(F)cc1)C(=O)CC(C)(C)C. The van der Waals surface area contributed by atoms with Crippen LogP contribution in [0.1, 0.15) is 32.8 Å². The minimum absolute atomic E-state index is 0.00875. The highest BCUT2D eigenvalue weighted by molar-refractivity contribution is 7.87. The smallest absolute Gasteiger partial charge is 0.339 e. The molecule has 2 rings (SSSR count). The van der Waals surface area contributed by atoms with Gasteiger partial charge in [0, 0.05) is 31.6 Å². The number of halogens is 1. The van der Waals surface area contributed by atoms with E-state index in [-0.39, 0.29) is 28.5 Å². The van der Waals surface area contributed by atoms with Crippen LogP contribution in [-0.2, 0) is 21.5 Å². The van der Waals surface area contributed by atoms with Crippen LogP contribution in [0.3, 0.4) is 0 Å². The Hall–Kier alpha value is -2.45. The normalized spacial score (nSPS) is 12.1. The summed E-state index contributed by atoms with van der Waals surface area (Å²) in [6.45, 7) is 7.40. The summed E-state index contributed by atoms with van der Waals surface area (Å²) in [7, 11) is -0.283. The second-order valence-corrected chi connectivity index (χ2v) is 10.5. The lowest BCUT2D eigenvalue weighted by atomic mass is 9.91. The Morgan fingerprint density at radius 1 is 1.00 bits per heavy atom. The van der Waals surface area contributed by atoms with Gasteiger partial charge in [0.05, 0.1) is 0 Å². The number of rotatable bonds is 9. The summed E-state index contributed by atoms with van der Waals surface area (Å²) in [5, 5.41) is 0. The summed E-state index contributed by atoms with van der Waals surface area (Å²) in [5.74, 6) is -0.399. The first-order valence-electron chi connectivity index (χ1n) is 10.1. The molecule has 0 aliphatic heterocycles. The average Bonchev–Trinajstić information content (AvgIpc) is 2.65. The Bertz CT molecular complexity index is 983. The summed E-state index contributed by atoms with van der Waals surface area (Å²) in [4.78, 5) is 16.5. The molecule has 0 N–H and O–H groups in total. The van der Waals surface area contributed by atoms with Crippen molar-refractivity contribution in [3.8, 4) is 5.75 Å². The third-order valence-electron chi connectivity index (χ3n) is 4.49. The predicted octanol–water partition coefficient (Wildman–Crippen LogP) is 3.92. The number of carbonyl (C=O) groups excluding carboxylic acids is 1. The van der Waals surface area contributed by atoms with Crippen LogP contribution in [-0.4, -0.2) is 51.3 Å². The molecule has 0 saturated carbocycles. The molecule has 0 bridgehead atoms. The molecule has 8 heteroatoms. The Labute approximate surface area is 184 Å². The zero-order valence-corrected chi connectivity index (χ0v) is 19.6. The van der Waals surface area contributed by atoms with E-state index in [0.717, 1.165) is 24.3 Å². The van der Waals surface area contributed by atoms with Gasteiger partial charge in [0.25, 0.3) is 0 Å². The van der Waals surface area contributed by atoms with E-state index < -0.39 is 15.9 Å². The largest absolute Gasteiger partial charge is 0.379 e. The van der Waals surface area contributed by atoms with E-state index in [1.54, 1.807) is 29.2 Å². The maximum Gasteiger partial charge on any atom is 0.339 e. The van der Waals surface area contributed by atoms with Crippen molar-refractivity contribution < 1.29 is 21.8 Å². The molecule has 170 valence electrons. The fourth-order valence-electron chi connectivity index (χ4n) is 2.87. The highest BCUT2D eigenvalue weighted by atomic mass is 32.2. The van der Waals surface area contributed by atoms with E-state index in [0.29, 0.717) is 25.1 Å². The summed E-state index contributed by atoms with van der Waals surface area (Å²) in [6.07, 6.45) is 0.372. The van der Waals surface area contributed by atoms with Gasteiger partial charge >= 0.3 is 10.1 Å². The van der Waals surface area contributed by atoms with Crippen molar-refractivity contribution in [2.24, 2.45) is 5.41 Å². The molecule has 0 radical (unpaired) electrons. The van der Waals surface area contributed by atoms with Gasteiger partial charge < -0.3 is 14.0 Å². The Morgan fingerprint density at radius 2 is 1.61 bits per heavy atom. The van der Waals surface area contributed by atoms with Crippen molar-refractivity contribution in [2.75, 3.05) is 27.2 Å². The number of carbonyl (C=O) groups is 1. The van der Waals surface area contributed by atoms with Gasteiger partial charge in [-0.1, -0.05) is 39.0 Å². The van der Waals surface area contributed by atoms with Crippen LogP contribution < -0.4 is 4.18 Å². The number of amides is 1. The Kier molecular flexibility index (Phi) is 8.20. The van der Waals surface area contributed by atoms with Gasteiger partial charge in [-0.25, -0.2) is 4.39 Å². The first-order chi connectivity index (χ1) is 14.4. The molecule has 0 heterocycles. The fraction of sp³-hybridized carbons (Fsp3) is 0.435. The van der Waals surface area contributed by atoms with Crippen LogP contribution in [0.2, 0.25) is 0 Å². The number of benzene rings is 2. The number of hydrogen-bond donors (Lipinski definition) is 0. The molecule has 0 aromatic heterocycles. The maximum atomic E-state index is 13.2. The minimum Gasteiger partial charge on any atom is -0.379 e. The van der Waals surface area contributed by atoms with Gasteiger partial charge in [-0.15, -0.1) is 0 Å². The van der Waals surface area contributed by atoms with Crippen LogP contribution in [0, 0.1) is 11.2 Å². The first-order valence-corrected chi connectivity index (χ1v) is 11.5. The Balaban J connectivity index is 2.28. The lowest BCUT2D eigenvalue weighted by Crippen LogP contribution is -2.38. The standard InChI is InChI=1S/C23H31FN2O4S/c1-23(2,3)16-22(27)26(15-14-25(4)5)17-18-8-6-7-9-21(18)30-31(28,29)20-12-10-19(24)11-13-20/h6-13H,14-17H2,1-5H3. The monoisotopic (exact) mass is 450 g/mol. The third-order valence-corrected chi connectivity index (χ3v) is 5.74. The number of hydrogen-bond acceptors (Lipinski definition) is 5. The highest BCUT2D eigenvalue weighted by Crippen LogP contribution is 2.26. The maximum absolute atomic E-state index is 13.2. The molecule has 1 amide bonds. The van der Waals surface area contributed by atoms with Crippen LogP contribution in [0.5, 0.6) is 5.75 Å². The van der Waals surface area contributed by atoms with Gasteiger partial charge in [-0.05, 0) is 49.8 Å². The molecule has 6 nitrogen and oxygen atoms in total. The fourth-order valence-corrected chi connectivity index (χ4v) is 3.83. The molecule has 2 aromatic carbocycles. The van der Waals surface area contributed by atoms with Crippen molar-refractivity contribution in [3.05, 3.63) is 59.9 Å². The molecule has 0 unspecified atom stereocenters. The van der Waals surface area contributed by atoms with Gasteiger partial charge in [-0.2, -0.15) is 8.42 Å². The number of nitrogens with zero attached hydrogens (tertiary/aromatic N) is 2. The van der Waals surface area contributed by atoms with Crippen LogP contribution in [0.4, 0.5) is 4.39 Å². The lowest BCUT2D eigenvalue weighted by Gasteiger charge is -2.28. The second-order valence-electron chi connectivity index (χ2n) is 8.96. The van der Waals surface area contributed by atoms with Crippen LogP contribution in [0.15, 0.2) is 53.4 Å². The topological polar surface area (TPSA) is 66.9 Å². The zero-order valence-electron chi connectivity index (χ0n) is 18.8. The summed E-state index contributed by atoms with van der Waals surface area (Å²) < 4.78 is 43.8.